The maximum atomic E-state index is 12.2. The third-order valence-electron chi connectivity index (χ3n) is 2.28. The van der Waals surface area contributed by atoms with Gasteiger partial charge in [-0.25, -0.2) is 8.42 Å². The van der Waals surface area contributed by atoms with Crippen molar-refractivity contribution in [1.82, 2.24) is 4.98 Å². The molecule has 1 heterocycles. The molecule has 1 aromatic heterocycles. The fraction of sp³-hybridized carbons (Fsp3) is 0. The number of pyridine rings is 1. The molecule has 86 valence electrons. The normalized spacial score (nSPS) is 11.1. The molecule has 5 heteroatoms. The second kappa shape index (κ2) is 4.47. The highest BCUT2D eigenvalue weighted by Gasteiger charge is 2.20. The number of aromatic nitrogens is 1. The smallest absolute Gasteiger partial charge is 0.207 e. The minimum atomic E-state index is -3.65. The van der Waals surface area contributed by atoms with Crippen LogP contribution in [0.25, 0.3) is 0 Å². The van der Waals surface area contributed by atoms with Crippen LogP contribution in [0, 0.1) is 0 Å². The minimum Gasteiger partial charge on any atom is -0.298 e. The van der Waals surface area contributed by atoms with E-state index in [4.69, 9.17) is 0 Å². The summed E-state index contributed by atoms with van der Waals surface area (Å²) in [5, 5.41) is 0. The van der Waals surface area contributed by atoms with E-state index in [9.17, 15) is 13.2 Å². The van der Waals surface area contributed by atoms with Gasteiger partial charge in [0.2, 0.25) is 9.84 Å². The summed E-state index contributed by atoms with van der Waals surface area (Å²) in [4.78, 5) is 14.7. The number of hydrogen-bond donors (Lipinski definition) is 0. The van der Waals surface area contributed by atoms with Gasteiger partial charge in [-0.15, -0.1) is 0 Å². The van der Waals surface area contributed by atoms with Crippen molar-refractivity contribution in [2.45, 2.75) is 9.79 Å². The van der Waals surface area contributed by atoms with Crippen LogP contribution < -0.4 is 0 Å². The summed E-state index contributed by atoms with van der Waals surface area (Å²) in [5.74, 6) is 0. The number of hydrogen-bond acceptors (Lipinski definition) is 4. The zero-order valence-corrected chi connectivity index (χ0v) is 9.59. The highest BCUT2D eigenvalue weighted by molar-refractivity contribution is 7.91. The lowest BCUT2D eigenvalue weighted by Crippen LogP contribution is -2.05. The second-order valence-electron chi connectivity index (χ2n) is 3.35. The lowest BCUT2D eigenvalue weighted by Gasteiger charge is -2.05. The van der Waals surface area contributed by atoms with Crippen molar-refractivity contribution in [1.29, 1.82) is 0 Å². The van der Waals surface area contributed by atoms with Crippen LogP contribution in [0.15, 0.2) is 58.6 Å². The zero-order chi connectivity index (χ0) is 12.3. The van der Waals surface area contributed by atoms with Crippen LogP contribution >= 0.6 is 0 Å². The Labute approximate surface area is 98.9 Å². The first-order valence-electron chi connectivity index (χ1n) is 4.85. The van der Waals surface area contributed by atoms with Crippen molar-refractivity contribution in [3.63, 3.8) is 0 Å². The van der Waals surface area contributed by atoms with E-state index in [1.807, 2.05) is 0 Å². The van der Waals surface area contributed by atoms with Crippen LogP contribution in [0.4, 0.5) is 0 Å². The van der Waals surface area contributed by atoms with Gasteiger partial charge in [0, 0.05) is 12.4 Å². The number of benzene rings is 1. The SMILES string of the molecule is O=Cc1cnccc1S(=O)(=O)c1ccccc1. The molecule has 0 saturated carbocycles. The summed E-state index contributed by atoms with van der Waals surface area (Å²) in [6, 6.07) is 9.30. The topological polar surface area (TPSA) is 64.1 Å². The molecule has 0 bridgehead atoms. The van der Waals surface area contributed by atoms with E-state index in [2.05, 4.69) is 4.98 Å². The quantitative estimate of drug-likeness (QED) is 0.775. The minimum absolute atomic E-state index is 0.0197. The molecule has 0 spiro atoms. The highest BCUT2D eigenvalue weighted by Crippen LogP contribution is 2.22. The Morgan fingerprint density at radius 3 is 2.41 bits per heavy atom. The number of aldehydes is 1. The summed E-state index contributed by atoms with van der Waals surface area (Å²) in [7, 11) is -3.65. The molecule has 0 radical (unpaired) electrons. The van der Waals surface area contributed by atoms with Crippen LogP contribution in [-0.2, 0) is 9.84 Å². The van der Waals surface area contributed by atoms with Crippen LogP contribution in [0.3, 0.4) is 0 Å². The van der Waals surface area contributed by atoms with E-state index in [-0.39, 0.29) is 15.4 Å². The van der Waals surface area contributed by atoms with Gasteiger partial charge in [-0.2, -0.15) is 0 Å². The Balaban J connectivity index is 2.65. The molecule has 17 heavy (non-hydrogen) atoms. The van der Waals surface area contributed by atoms with Crippen LogP contribution in [0.1, 0.15) is 10.4 Å². The average Bonchev–Trinajstić information content (AvgIpc) is 2.39. The Kier molecular flexibility index (Phi) is 3.01. The van der Waals surface area contributed by atoms with Gasteiger partial charge in [-0.05, 0) is 18.2 Å². The van der Waals surface area contributed by atoms with Gasteiger partial charge >= 0.3 is 0 Å². The molecule has 0 saturated heterocycles. The molecule has 0 amide bonds. The van der Waals surface area contributed by atoms with E-state index in [0.29, 0.717) is 6.29 Å². The van der Waals surface area contributed by atoms with Crippen molar-refractivity contribution in [2.24, 2.45) is 0 Å². The molecular formula is C12H9NO3S. The first-order valence-corrected chi connectivity index (χ1v) is 6.34. The Bertz CT molecular complexity index is 636. The van der Waals surface area contributed by atoms with E-state index in [1.54, 1.807) is 18.2 Å². The van der Waals surface area contributed by atoms with Crippen molar-refractivity contribution in [2.75, 3.05) is 0 Å². The molecule has 0 fully saturated rings. The van der Waals surface area contributed by atoms with Crippen LogP contribution in [0.2, 0.25) is 0 Å². The average molecular weight is 247 g/mol. The molecule has 0 N–H and O–H groups in total. The van der Waals surface area contributed by atoms with Crippen LogP contribution in [0.5, 0.6) is 0 Å². The van der Waals surface area contributed by atoms with Crippen molar-refractivity contribution in [3.8, 4) is 0 Å². The molecule has 0 unspecified atom stereocenters. The fourth-order valence-corrected chi connectivity index (χ4v) is 2.87. The monoisotopic (exact) mass is 247 g/mol. The van der Waals surface area contributed by atoms with E-state index in [0.717, 1.165) is 0 Å². The van der Waals surface area contributed by atoms with Gasteiger partial charge in [0.05, 0.1) is 15.4 Å². The lowest BCUT2D eigenvalue weighted by atomic mass is 10.3. The largest absolute Gasteiger partial charge is 0.298 e. The zero-order valence-electron chi connectivity index (χ0n) is 8.78. The first kappa shape index (κ1) is 11.5. The first-order chi connectivity index (χ1) is 8.16. The van der Waals surface area contributed by atoms with Crippen molar-refractivity contribution in [3.05, 3.63) is 54.4 Å². The Morgan fingerprint density at radius 1 is 1.06 bits per heavy atom. The number of rotatable bonds is 3. The van der Waals surface area contributed by atoms with E-state index in [1.165, 1.54) is 30.6 Å². The summed E-state index contributed by atoms with van der Waals surface area (Å²) < 4.78 is 24.5. The van der Waals surface area contributed by atoms with Crippen molar-refractivity contribution >= 4 is 16.1 Å². The molecule has 1 aromatic carbocycles. The molecule has 0 aliphatic heterocycles. The van der Waals surface area contributed by atoms with E-state index >= 15 is 0 Å². The third-order valence-corrected chi connectivity index (χ3v) is 4.12. The highest BCUT2D eigenvalue weighted by atomic mass is 32.2. The predicted octanol–water partition coefficient (Wildman–Crippen LogP) is 1.73. The summed E-state index contributed by atoms with van der Waals surface area (Å²) in [6.45, 7) is 0. The second-order valence-corrected chi connectivity index (χ2v) is 5.27. The predicted molar refractivity (Wildman–Crippen MR) is 61.5 cm³/mol. The molecule has 4 nitrogen and oxygen atoms in total. The van der Waals surface area contributed by atoms with Gasteiger partial charge < -0.3 is 0 Å². The van der Waals surface area contributed by atoms with Crippen LogP contribution in [-0.4, -0.2) is 19.7 Å². The summed E-state index contributed by atoms with van der Waals surface area (Å²) in [6.07, 6.45) is 3.08. The maximum absolute atomic E-state index is 12.2. The number of nitrogens with zero attached hydrogens (tertiary/aromatic N) is 1. The lowest BCUT2D eigenvalue weighted by molar-refractivity contribution is 0.112. The summed E-state index contributed by atoms with van der Waals surface area (Å²) in [5.41, 5.74) is 0.0661. The van der Waals surface area contributed by atoms with Gasteiger partial charge in [0.25, 0.3) is 0 Å². The Hall–Kier alpha value is -2.01. The molecule has 2 aromatic rings. The maximum Gasteiger partial charge on any atom is 0.207 e. The molecule has 0 atom stereocenters. The van der Waals surface area contributed by atoms with Gasteiger partial charge in [0.1, 0.15) is 0 Å². The molecule has 0 aliphatic rings. The van der Waals surface area contributed by atoms with Crippen molar-refractivity contribution < 1.29 is 13.2 Å². The van der Waals surface area contributed by atoms with Gasteiger partial charge in [0.15, 0.2) is 6.29 Å². The fourth-order valence-electron chi connectivity index (χ4n) is 1.45. The number of carbonyl (C=O) groups is 1. The summed E-state index contributed by atoms with van der Waals surface area (Å²) >= 11 is 0. The number of sulfone groups is 1. The number of carbonyl (C=O) groups excluding carboxylic acids is 1. The molecule has 2 rings (SSSR count). The Morgan fingerprint density at radius 2 is 1.76 bits per heavy atom. The standard InChI is InChI=1S/C12H9NO3S/c14-9-10-8-13-7-6-12(10)17(15,16)11-4-2-1-3-5-11/h1-9H. The molecule has 0 aliphatic carbocycles. The van der Waals surface area contributed by atoms with Gasteiger partial charge in [-0.1, -0.05) is 18.2 Å². The van der Waals surface area contributed by atoms with Gasteiger partial charge in [-0.3, -0.25) is 9.78 Å². The molecular weight excluding hydrogens is 238 g/mol. The third kappa shape index (κ3) is 2.09. The van der Waals surface area contributed by atoms with E-state index < -0.39 is 9.84 Å².